The fraction of sp³-hybridized carbons (Fsp3) is 0.600. The zero-order chi connectivity index (χ0) is 48.9. The molecule has 2 heterocycles. The molecule has 3 atom stereocenters. The summed E-state index contributed by atoms with van der Waals surface area (Å²) in [7, 11) is 1.64. The molecular weight excluding hydrogens is 875 g/mol. The third-order valence-electron chi connectivity index (χ3n) is 11.1. The fourth-order valence-corrected chi connectivity index (χ4v) is 7.82. The van der Waals surface area contributed by atoms with Gasteiger partial charge in [0, 0.05) is 24.2 Å². The number of nitrogens with two attached hydrogens (primary N) is 1. The molecule has 67 heavy (non-hydrogen) atoms. The number of H-pyrrole nitrogens is 1. The number of nitrogens with one attached hydrogen (secondary N) is 3. The summed E-state index contributed by atoms with van der Waals surface area (Å²) in [6, 6.07) is 16.1. The predicted molar refractivity (Wildman–Crippen MR) is 266 cm³/mol. The number of hydrogen-bond donors (Lipinski definition) is 6. The Balaban J connectivity index is 0.00000225. The monoisotopic (exact) mass is 951 g/mol. The molecule has 1 aliphatic rings. The average Bonchev–Trinajstić information content (AvgIpc) is 3.98. The Hall–Kier alpha value is -4.63. The average molecular weight is 951 g/mol. The number of ether oxygens (including phenoxy) is 4. The van der Waals surface area contributed by atoms with Crippen LogP contribution in [0.15, 0.2) is 53.5 Å². The SMILES string of the molecule is CC(C)(O)O.CCCCCCCCCCCCCCCCCCCC(COB(Oc1ccccc1Cl)OC1(C=N)CCC(c2ccc(C(N)=NC=N)[nH]2)O1)Oc1cc(OC)c(C#N)c(OC)c1. The lowest BCUT2D eigenvalue weighted by Gasteiger charge is -2.29. The molecule has 0 spiro atoms. The molecule has 1 saturated heterocycles. The topological polar surface area (TPSA) is 231 Å². The predicted octanol–water partition coefficient (Wildman–Crippen LogP) is 11.4. The van der Waals surface area contributed by atoms with Gasteiger partial charge in [0.2, 0.25) is 0 Å². The first kappa shape index (κ1) is 56.7. The number of unbranched alkanes of at least 4 members (excludes halogenated alkanes) is 16. The summed E-state index contributed by atoms with van der Waals surface area (Å²) in [6.45, 7) is 4.91. The van der Waals surface area contributed by atoms with Gasteiger partial charge in [-0.2, -0.15) is 5.26 Å². The molecule has 17 heteroatoms. The quantitative estimate of drug-likeness (QED) is 0.0111. The minimum atomic E-state index is -1.50. The van der Waals surface area contributed by atoms with E-state index in [4.69, 9.17) is 71.3 Å². The summed E-state index contributed by atoms with van der Waals surface area (Å²) >= 11 is 6.52. The van der Waals surface area contributed by atoms with Gasteiger partial charge in [-0.25, -0.2) is 4.99 Å². The Morgan fingerprint density at radius 1 is 0.925 bits per heavy atom. The van der Waals surface area contributed by atoms with Crippen LogP contribution in [0.1, 0.15) is 172 Å². The summed E-state index contributed by atoms with van der Waals surface area (Å²) in [4.78, 5) is 7.03. The van der Waals surface area contributed by atoms with Crippen LogP contribution in [0.4, 0.5) is 0 Å². The number of para-hydroxylation sites is 1. The van der Waals surface area contributed by atoms with E-state index in [2.05, 4.69) is 23.0 Å². The molecule has 0 amide bonds. The van der Waals surface area contributed by atoms with Gasteiger partial charge in [0.25, 0.3) is 0 Å². The van der Waals surface area contributed by atoms with Crippen LogP contribution in [0.3, 0.4) is 0 Å². The Kier molecular flexibility index (Phi) is 26.6. The van der Waals surface area contributed by atoms with Crippen LogP contribution in [0, 0.1) is 22.1 Å². The van der Waals surface area contributed by atoms with E-state index >= 15 is 0 Å². The molecule has 0 bridgehead atoms. The number of aromatic amines is 1. The number of aliphatic imine (C=N–C) groups is 1. The number of methoxy groups -OCH3 is 2. The molecule has 3 aromatic rings. The first-order chi connectivity index (χ1) is 32.3. The number of hydrogen-bond acceptors (Lipinski definition) is 12. The molecule has 1 fully saturated rings. The third kappa shape index (κ3) is 21.9. The number of amidine groups is 1. The van der Waals surface area contributed by atoms with Gasteiger partial charge in [-0.1, -0.05) is 133 Å². The number of halogens is 1. The van der Waals surface area contributed by atoms with Crippen molar-refractivity contribution in [2.45, 2.75) is 173 Å². The minimum absolute atomic E-state index is 0.0434. The maximum absolute atomic E-state index is 9.76. The number of nitrogens with zero attached hydrogens (tertiary/aromatic N) is 2. The molecule has 0 aliphatic carbocycles. The molecule has 3 unspecified atom stereocenters. The zero-order valence-corrected chi connectivity index (χ0v) is 41.2. The molecule has 1 aliphatic heterocycles. The van der Waals surface area contributed by atoms with Crippen LogP contribution in [-0.2, 0) is 14.0 Å². The van der Waals surface area contributed by atoms with Crippen LogP contribution >= 0.6 is 11.6 Å². The van der Waals surface area contributed by atoms with Gasteiger partial charge in [-0.15, -0.1) is 0 Å². The van der Waals surface area contributed by atoms with E-state index in [1.807, 2.05) is 6.07 Å². The zero-order valence-electron chi connectivity index (χ0n) is 40.5. The highest BCUT2D eigenvalue weighted by Crippen LogP contribution is 2.40. The molecule has 0 radical (unpaired) electrons. The lowest BCUT2D eigenvalue weighted by Crippen LogP contribution is -2.45. The summed E-state index contributed by atoms with van der Waals surface area (Å²) in [5.41, 5.74) is 7.52. The van der Waals surface area contributed by atoms with Gasteiger partial charge in [-0.05, 0) is 57.4 Å². The highest BCUT2D eigenvalue weighted by atomic mass is 35.5. The van der Waals surface area contributed by atoms with Crippen LogP contribution in [0.5, 0.6) is 23.0 Å². The minimum Gasteiger partial charge on any atom is -0.510 e. The summed E-state index contributed by atoms with van der Waals surface area (Å²) in [5.74, 6) is -1.36. The van der Waals surface area contributed by atoms with Gasteiger partial charge < -0.3 is 59.3 Å². The molecular formula is C50H76BClN6O9. The Morgan fingerprint density at radius 3 is 1.99 bits per heavy atom. The van der Waals surface area contributed by atoms with Crippen molar-refractivity contribution >= 4 is 37.3 Å². The van der Waals surface area contributed by atoms with Crippen molar-refractivity contribution in [3.63, 3.8) is 0 Å². The second-order valence-electron chi connectivity index (χ2n) is 17.4. The van der Waals surface area contributed by atoms with Gasteiger partial charge in [0.1, 0.15) is 59.0 Å². The fourth-order valence-electron chi connectivity index (χ4n) is 7.64. The van der Waals surface area contributed by atoms with Crippen molar-refractivity contribution in [2.24, 2.45) is 10.7 Å². The molecule has 2 aromatic carbocycles. The molecule has 1 aromatic heterocycles. The van der Waals surface area contributed by atoms with Crippen LogP contribution in [0.25, 0.3) is 0 Å². The third-order valence-corrected chi connectivity index (χ3v) is 11.5. The lowest BCUT2D eigenvalue weighted by atomic mass is 10.0. The highest BCUT2D eigenvalue weighted by molar-refractivity contribution is 6.39. The van der Waals surface area contributed by atoms with Crippen molar-refractivity contribution in [3.05, 3.63) is 70.5 Å². The smallest absolute Gasteiger partial charge is 0.510 e. The number of rotatable bonds is 33. The van der Waals surface area contributed by atoms with Gasteiger partial charge in [0.05, 0.1) is 37.8 Å². The lowest BCUT2D eigenvalue weighted by molar-refractivity contribution is -0.141. The Bertz CT molecular complexity index is 1930. The molecule has 15 nitrogen and oxygen atoms in total. The van der Waals surface area contributed by atoms with Crippen LogP contribution in [-0.4, -0.2) is 79.4 Å². The first-order valence-corrected chi connectivity index (χ1v) is 24.3. The molecule has 370 valence electrons. The van der Waals surface area contributed by atoms with Gasteiger partial charge in [0.15, 0.2) is 11.6 Å². The van der Waals surface area contributed by atoms with E-state index in [1.54, 1.807) is 42.5 Å². The summed E-state index contributed by atoms with van der Waals surface area (Å²) < 4.78 is 43.0. The number of benzene rings is 2. The standard InChI is InChI=1S/C47H68BClN6O7.C3H8O2/c1-4-5-6-7-8-9-10-11-12-13-14-15-16-17-18-19-20-23-36(59-37-30-44(56-2)38(32-50)45(31-37)57-3)33-58-48(61-42-25-22-21-24-39(42)49)62-47(34-51)29-28-43(60-47)40-26-27-41(55-40)46(53)54-35-52;1-3(2,4)5/h21-22,24-27,30-31,34-36,43,51,55H,4-20,23,28-29,33H2,1-3H3,(H3,52,53,54);4-5H,1-2H3. The molecule has 7 N–H and O–H groups in total. The van der Waals surface area contributed by atoms with E-state index in [0.717, 1.165) is 37.5 Å². The molecule has 4 rings (SSSR count). The van der Waals surface area contributed by atoms with Crippen LogP contribution < -0.4 is 24.6 Å². The van der Waals surface area contributed by atoms with Crippen molar-refractivity contribution in [1.82, 2.24) is 4.98 Å². The van der Waals surface area contributed by atoms with Crippen molar-refractivity contribution < 1.29 is 43.1 Å². The maximum Gasteiger partial charge on any atom is 0.715 e. The van der Waals surface area contributed by atoms with Crippen molar-refractivity contribution in [3.8, 4) is 29.1 Å². The van der Waals surface area contributed by atoms with E-state index in [9.17, 15) is 5.26 Å². The first-order valence-electron chi connectivity index (χ1n) is 24.0. The van der Waals surface area contributed by atoms with Crippen molar-refractivity contribution in [1.29, 1.82) is 16.1 Å². The summed E-state index contributed by atoms with van der Waals surface area (Å²) in [6.07, 6.45) is 24.4. The van der Waals surface area contributed by atoms with Crippen LogP contribution in [0.2, 0.25) is 5.02 Å². The summed E-state index contributed by atoms with van der Waals surface area (Å²) in [5, 5.41) is 41.9. The number of aromatic nitrogens is 1. The highest BCUT2D eigenvalue weighted by Gasteiger charge is 2.46. The van der Waals surface area contributed by atoms with Gasteiger partial charge >= 0.3 is 7.32 Å². The van der Waals surface area contributed by atoms with E-state index in [0.29, 0.717) is 53.0 Å². The van der Waals surface area contributed by atoms with E-state index in [1.165, 1.54) is 118 Å². The second-order valence-corrected chi connectivity index (χ2v) is 17.8. The maximum atomic E-state index is 9.76. The Labute approximate surface area is 404 Å². The molecule has 0 saturated carbocycles. The second kappa shape index (κ2) is 31.4. The largest absolute Gasteiger partial charge is 0.715 e. The number of nitriles is 1. The van der Waals surface area contributed by atoms with E-state index < -0.39 is 31.1 Å². The van der Waals surface area contributed by atoms with E-state index in [-0.39, 0.29) is 18.0 Å². The Morgan fingerprint density at radius 2 is 1.48 bits per heavy atom. The number of aliphatic hydroxyl groups is 2. The normalized spacial score (nSPS) is 16.3. The van der Waals surface area contributed by atoms with Crippen molar-refractivity contribution in [2.75, 3.05) is 20.8 Å². The van der Waals surface area contributed by atoms with Gasteiger partial charge in [-0.3, -0.25) is 5.41 Å².